The number of piperidine rings is 1. The maximum atomic E-state index is 5.58. The highest BCUT2D eigenvalue weighted by Gasteiger charge is 2.33. The summed E-state index contributed by atoms with van der Waals surface area (Å²) >= 11 is 0. The molecular formula is C10H21NO2. The van der Waals surface area contributed by atoms with Crippen molar-refractivity contribution in [2.45, 2.75) is 25.4 Å². The first-order valence-corrected chi connectivity index (χ1v) is 5.04. The number of ether oxygens (including phenoxy) is 2. The Balaban J connectivity index is 2.40. The molecule has 0 aromatic heterocycles. The summed E-state index contributed by atoms with van der Waals surface area (Å²) < 4.78 is 11.0. The van der Waals surface area contributed by atoms with Crippen molar-refractivity contribution in [2.24, 2.45) is 0 Å². The van der Waals surface area contributed by atoms with Gasteiger partial charge in [-0.2, -0.15) is 0 Å². The molecule has 13 heavy (non-hydrogen) atoms. The van der Waals surface area contributed by atoms with E-state index in [9.17, 15) is 0 Å². The van der Waals surface area contributed by atoms with Crippen molar-refractivity contribution >= 4 is 0 Å². The van der Waals surface area contributed by atoms with E-state index in [0.717, 1.165) is 39.1 Å². The van der Waals surface area contributed by atoms with Crippen LogP contribution in [0.25, 0.3) is 0 Å². The molecule has 1 saturated heterocycles. The summed E-state index contributed by atoms with van der Waals surface area (Å²) in [5.41, 5.74) is -0.0114. The molecule has 0 atom stereocenters. The number of likely N-dealkylation sites (tertiary alicyclic amines) is 1. The second-order valence-corrected chi connectivity index (χ2v) is 3.83. The predicted octanol–water partition coefficient (Wildman–Crippen LogP) is 1.13. The Kier molecular flexibility index (Phi) is 4.16. The quantitative estimate of drug-likeness (QED) is 0.658. The first-order chi connectivity index (χ1) is 6.22. The molecule has 0 aliphatic carbocycles. The monoisotopic (exact) mass is 187 g/mol. The van der Waals surface area contributed by atoms with E-state index in [1.165, 1.54) is 0 Å². The smallest absolute Gasteiger partial charge is 0.0935 e. The molecule has 1 fully saturated rings. The van der Waals surface area contributed by atoms with Crippen molar-refractivity contribution in [3.8, 4) is 0 Å². The Bertz CT molecular complexity index is 136. The second kappa shape index (κ2) is 4.94. The Hall–Kier alpha value is -0.120. The van der Waals surface area contributed by atoms with Crippen molar-refractivity contribution in [3.05, 3.63) is 0 Å². The lowest BCUT2D eigenvalue weighted by atomic mass is 9.92. The SMILES string of the molecule is CCOCC1(OC)CCN(C)CC1. The van der Waals surface area contributed by atoms with Crippen LogP contribution in [0.5, 0.6) is 0 Å². The number of hydrogen-bond acceptors (Lipinski definition) is 3. The second-order valence-electron chi connectivity index (χ2n) is 3.83. The number of hydrogen-bond donors (Lipinski definition) is 0. The molecule has 1 heterocycles. The maximum absolute atomic E-state index is 5.58. The first-order valence-electron chi connectivity index (χ1n) is 5.04. The van der Waals surface area contributed by atoms with Gasteiger partial charge in [0.1, 0.15) is 0 Å². The lowest BCUT2D eigenvalue weighted by molar-refractivity contribution is -0.102. The third kappa shape index (κ3) is 2.93. The van der Waals surface area contributed by atoms with Crippen LogP contribution in [0.3, 0.4) is 0 Å². The molecule has 3 heteroatoms. The summed E-state index contributed by atoms with van der Waals surface area (Å²) in [4.78, 5) is 2.34. The minimum absolute atomic E-state index is 0.0114. The molecule has 0 amide bonds. The molecule has 0 saturated carbocycles. The Morgan fingerprint density at radius 2 is 1.92 bits per heavy atom. The zero-order valence-corrected chi connectivity index (χ0v) is 9.01. The van der Waals surface area contributed by atoms with Crippen LogP contribution in [0.1, 0.15) is 19.8 Å². The average Bonchev–Trinajstić information content (AvgIpc) is 2.18. The summed E-state index contributed by atoms with van der Waals surface area (Å²) in [5, 5.41) is 0. The highest BCUT2D eigenvalue weighted by molar-refractivity contribution is 4.86. The molecule has 78 valence electrons. The zero-order valence-electron chi connectivity index (χ0n) is 9.01. The standard InChI is InChI=1S/C10H21NO2/c1-4-13-9-10(12-3)5-7-11(2)8-6-10/h4-9H2,1-3H3. The van der Waals surface area contributed by atoms with Gasteiger partial charge in [0.2, 0.25) is 0 Å². The fourth-order valence-corrected chi connectivity index (χ4v) is 1.72. The molecule has 0 unspecified atom stereocenters. The van der Waals surface area contributed by atoms with E-state index in [1.807, 2.05) is 6.92 Å². The van der Waals surface area contributed by atoms with E-state index >= 15 is 0 Å². The van der Waals surface area contributed by atoms with E-state index in [1.54, 1.807) is 7.11 Å². The van der Waals surface area contributed by atoms with Gasteiger partial charge in [0.15, 0.2) is 0 Å². The summed E-state index contributed by atoms with van der Waals surface area (Å²) in [7, 11) is 3.95. The summed E-state index contributed by atoms with van der Waals surface area (Å²) in [5.74, 6) is 0. The molecule has 0 N–H and O–H groups in total. The topological polar surface area (TPSA) is 21.7 Å². The lowest BCUT2D eigenvalue weighted by Crippen LogP contribution is -2.47. The van der Waals surface area contributed by atoms with Gasteiger partial charge >= 0.3 is 0 Å². The van der Waals surface area contributed by atoms with Crippen molar-refractivity contribution in [3.63, 3.8) is 0 Å². The van der Waals surface area contributed by atoms with Crippen LogP contribution in [-0.2, 0) is 9.47 Å². The number of nitrogens with zero attached hydrogens (tertiary/aromatic N) is 1. The average molecular weight is 187 g/mol. The van der Waals surface area contributed by atoms with E-state index in [0.29, 0.717) is 0 Å². The van der Waals surface area contributed by atoms with E-state index in [-0.39, 0.29) is 5.60 Å². The van der Waals surface area contributed by atoms with Crippen LogP contribution < -0.4 is 0 Å². The molecule has 0 spiro atoms. The molecule has 3 nitrogen and oxygen atoms in total. The van der Waals surface area contributed by atoms with Gasteiger partial charge in [-0.05, 0) is 26.8 Å². The number of methoxy groups -OCH3 is 1. The Labute approximate surface area is 81.0 Å². The van der Waals surface area contributed by atoms with Gasteiger partial charge in [-0.1, -0.05) is 0 Å². The molecule has 0 aromatic rings. The molecule has 1 aliphatic rings. The van der Waals surface area contributed by atoms with Gasteiger partial charge in [0.25, 0.3) is 0 Å². The van der Waals surface area contributed by atoms with Crippen LogP contribution in [0, 0.1) is 0 Å². The fraction of sp³-hybridized carbons (Fsp3) is 1.00. The summed E-state index contributed by atoms with van der Waals surface area (Å²) in [6, 6.07) is 0. The van der Waals surface area contributed by atoms with Crippen LogP contribution in [0.15, 0.2) is 0 Å². The van der Waals surface area contributed by atoms with E-state index in [4.69, 9.17) is 9.47 Å². The van der Waals surface area contributed by atoms with E-state index < -0.39 is 0 Å². The van der Waals surface area contributed by atoms with Crippen molar-refractivity contribution < 1.29 is 9.47 Å². The first kappa shape index (κ1) is 11.0. The maximum Gasteiger partial charge on any atom is 0.0935 e. The number of rotatable bonds is 4. The predicted molar refractivity (Wildman–Crippen MR) is 53.0 cm³/mol. The molecular weight excluding hydrogens is 166 g/mol. The Morgan fingerprint density at radius 1 is 1.31 bits per heavy atom. The minimum atomic E-state index is -0.0114. The third-order valence-corrected chi connectivity index (χ3v) is 2.90. The van der Waals surface area contributed by atoms with Gasteiger partial charge in [-0.25, -0.2) is 0 Å². The summed E-state index contributed by atoms with van der Waals surface area (Å²) in [6.07, 6.45) is 2.17. The summed E-state index contributed by atoms with van der Waals surface area (Å²) in [6.45, 7) is 5.77. The van der Waals surface area contributed by atoms with Crippen molar-refractivity contribution in [1.82, 2.24) is 4.90 Å². The highest BCUT2D eigenvalue weighted by atomic mass is 16.5. The minimum Gasteiger partial charge on any atom is -0.379 e. The molecule has 0 radical (unpaired) electrons. The van der Waals surface area contributed by atoms with Gasteiger partial charge in [0.05, 0.1) is 12.2 Å². The fourth-order valence-electron chi connectivity index (χ4n) is 1.72. The van der Waals surface area contributed by atoms with Gasteiger partial charge < -0.3 is 14.4 Å². The van der Waals surface area contributed by atoms with Gasteiger partial charge in [-0.15, -0.1) is 0 Å². The van der Waals surface area contributed by atoms with Crippen LogP contribution in [-0.4, -0.2) is 51.0 Å². The van der Waals surface area contributed by atoms with Crippen molar-refractivity contribution in [2.75, 3.05) is 40.5 Å². The molecule has 1 aliphatic heterocycles. The van der Waals surface area contributed by atoms with Crippen LogP contribution >= 0.6 is 0 Å². The normalized spacial score (nSPS) is 23.3. The lowest BCUT2D eigenvalue weighted by Gasteiger charge is -2.39. The largest absolute Gasteiger partial charge is 0.379 e. The van der Waals surface area contributed by atoms with Gasteiger partial charge in [-0.3, -0.25) is 0 Å². The van der Waals surface area contributed by atoms with Crippen molar-refractivity contribution in [1.29, 1.82) is 0 Å². The Morgan fingerprint density at radius 3 is 2.38 bits per heavy atom. The third-order valence-electron chi connectivity index (χ3n) is 2.90. The molecule has 0 aromatic carbocycles. The molecule has 0 bridgehead atoms. The highest BCUT2D eigenvalue weighted by Crippen LogP contribution is 2.25. The van der Waals surface area contributed by atoms with E-state index in [2.05, 4.69) is 11.9 Å². The van der Waals surface area contributed by atoms with Crippen LogP contribution in [0.2, 0.25) is 0 Å². The molecule has 1 rings (SSSR count). The van der Waals surface area contributed by atoms with Gasteiger partial charge in [0, 0.05) is 26.8 Å². The zero-order chi connectivity index (χ0) is 9.73. The van der Waals surface area contributed by atoms with Crippen LogP contribution in [0.4, 0.5) is 0 Å².